The molecule has 2 nitrogen and oxygen atoms in total. The van der Waals surface area contributed by atoms with Crippen LogP contribution in [0.2, 0.25) is 0 Å². The first-order valence-corrected chi connectivity index (χ1v) is 4.63. The first-order chi connectivity index (χ1) is 7.06. The van der Waals surface area contributed by atoms with Gasteiger partial charge in [-0.25, -0.2) is 8.78 Å². The number of rotatable bonds is 4. The van der Waals surface area contributed by atoms with Gasteiger partial charge in [0.1, 0.15) is 6.10 Å². The summed E-state index contributed by atoms with van der Waals surface area (Å²) >= 11 is 0. The van der Waals surface area contributed by atoms with Crippen molar-refractivity contribution >= 4 is 5.78 Å². The molecule has 82 valence electrons. The first-order valence-electron chi connectivity index (χ1n) is 4.63. The highest BCUT2D eigenvalue weighted by Crippen LogP contribution is 2.20. The van der Waals surface area contributed by atoms with E-state index in [2.05, 4.69) is 0 Å². The van der Waals surface area contributed by atoms with Gasteiger partial charge in [-0.2, -0.15) is 0 Å². The number of halogens is 2. The van der Waals surface area contributed by atoms with Gasteiger partial charge in [-0.3, -0.25) is 4.79 Å². The lowest BCUT2D eigenvalue weighted by Crippen LogP contribution is -2.13. The van der Waals surface area contributed by atoms with Gasteiger partial charge in [0.15, 0.2) is 17.4 Å². The summed E-state index contributed by atoms with van der Waals surface area (Å²) in [5.41, 5.74) is 0.336. The third-order valence-electron chi connectivity index (χ3n) is 1.95. The molecular weight excluding hydrogens is 202 g/mol. The van der Waals surface area contributed by atoms with E-state index in [0.717, 1.165) is 12.1 Å². The van der Waals surface area contributed by atoms with Crippen molar-refractivity contribution in [2.45, 2.75) is 20.0 Å². The molecule has 0 saturated heterocycles. The van der Waals surface area contributed by atoms with E-state index >= 15 is 0 Å². The predicted octanol–water partition coefficient (Wildman–Crippen LogP) is 2.63. The largest absolute Gasteiger partial charge is 0.366 e. The monoisotopic (exact) mass is 214 g/mol. The molecule has 1 atom stereocenters. The Morgan fingerprint density at radius 1 is 1.40 bits per heavy atom. The average molecular weight is 214 g/mol. The molecule has 0 aliphatic rings. The molecule has 0 spiro atoms. The van der Waals surface area contributed by atoms with Gasteiger partial charge < -0.3 is 4.74 Å². The summed E-state index contributed by atoms with van der Waals surface area (Å²) in [7, 11) is 0. The SMILES string of the molecule is CCOC(C(C)=O)c1ccc(F)c(F)c1. The van der Waals surface area contributed by atoms with E-state index < -0.39 is 17.7 Å². The zero-order valence-corrected chi connectivity index (χ0v) is 8.59. The second-order valence-electron chi connectivity index (χ2n) is 3.12. The van der Waals surface area contributed by atoms with Gasteiger partial charge in [-0.05, 0) is 31.5 Å². The zero-order valence-electron chi connectivity index (χ0n) is 8.59. The minimum atomic E-state index is -0.974. The number of hydrogen-bond donors (Lipinski definition) is 0. The number of ether oxygens (including phenoxy) is 1. The van der Waals surface area contributed by atoms with Gasteiger partial charge in [0.05, 0.1) is 0 Å². The summed E-state index contributed by atoms with van der Waals surface area (Å²) in [6.45, 7) is 3.42. The molecule has 0 N–H and O–H groups in total. The van der Waals surface area contributed by atoms with Crippen LogP contribution in [0.15, 0.2) is 18.2 Å². The number of ketones is 1. The Morgan fingerprint density at radius 2 is 2.07 bits per heavy atom. The summed E-state index contributed by atoms with van der Waals surface area (Å²) in [4.78, 5) is 11.2. The molecule has 0 radical (unpaired) electrons. The number of carbonyl (C=O) groups excluding carboxylic acids is 1. The molecular formula is C11H12F2O2. The smallest absolute Gasteiger partial charge is 0.163 e. The van der Waals surface area contributed by atoms with E-state index in [9.17, 15) is 13.6 Å². The van der Waals surface area contributed by atoms with Gasteiger partial charge in [0, 0.05) is 6.61 Å². The Balaban J connectivity index is 3.01. The molecule has 0 saturated carbocycles. The van der Waals surface area contributed by atoms with Crippen LogP contribution in [0.25, 0.3) is 0 Å². The van der Waals surface area contributed by atoms with Crippen LogP contribution in [-0.4, -0.2) is 12.4 Å². The fourth-order valence-electron chi connectivity index (χ4n) is 1.29. The lowest BCUT2D eigenvalue weighted by molar-refractivity contribution is -0.128. The topological polar surface area (TPSA) is 26.3 Å². The highest BCUT2D eigenvalue weighted by Gasteiger charge is 2.18. The van der Waals surface area contributed by atoms with Crippen LogP contribution in [0.4, 0.5) is 8.78 Å². The normalized spacial score (nSPS) is 12.5. The van der Waals surface area contributed by atoms with E-state index in [-0.39, 0.29) is 5.78 Å². The summed E-state index contributed by atoms with van der Waals surface area (Å²) < 4.78 is 30.7. The Kier molecular flexibility index (Phi) is 3.91. The fraction of sp³-hybridized carbons (Fsp3) is 0.364. The Morgan fingerprint density at radius 3 is 2.53 bits per heavy atom. The maximum absolute atomic E-state index is 12.9. The van der Waals surface area contributed by atoms with Gasteiger partial charge in [-0.1, -0.05) is 6.07 Å². The Bertz CT molecular complexity index is 364. The quantitative estimate of drug-likeness (QED) is 0.770. The summed E-state index contributed by atoms with van der Waals surface area (Å²) in [6.07, 6.45) is -0.815. The number of hydrogen-bond acceptors (Lipinski definition) is 2. The average Bonchev–Trinajstić information content (AvgIpc) is 2.18. The van der Waals surface area contributed by atoms with Gasteiger partial charge in [0.25, 0.3) is 0 Å². The van der Waals surface area contributed by atoms with Crippen LogP contribution < -0.4 is 0 Å². The second-order valence-corrected chi connectivity index (χ2v) is 3.12. The standard InChI is InChI=1S/C11H12F2O2/c1-3-15-11(7(2)14)8-4-5-9(12)10(13)6-8/h4-6,11H,3H2,1-2H3. The van der Waals surface area contributed by atoms with Crippen molar-refractivity contribution in [3.8, 4) is 0 Å². The van der Waals surface area contributed by atoms with Gasteiger partial charge in [0.2, 0.25) is 0 Å². The lowest BCUT2D eigenvalue weighted by Gasteiger charge is -2.14. The van der Waals surface area contributed by atoms with E-state index in [0.29, 0.717) is 12.2 Å². The van der Waals surface area contributed by atoms with Crippen molar-refractivity contribution in [3.63, 3.8) is 0 Å². The maximum atomic E-state index is 12.9. The van der Waals surface area contributed by atoms with Crippen LogP contribution in [0, 0.1) is 11.6 Å². The van der Waals surface area contributed by atoms with Crippen molar-refractivity contribution in [2.75, 3.05) is 6.61 Å². The van der Waals surface area contributed by atoms with Crippen molar-refractivity contribution in [1.29, 1.82) is 0 Å². The molecule has 0 aliphatic heterocycles. The third kappa shape index (κ3) is 2.83. The van der Waals surface area contributed by atoms with E-state index in [4.69, 9.17) is 4.74 Å². The van der Waals surface area contributed by atoms with Crippen LogP contribution in [-0.2, 0) is 9.53 Å². The predicted molar refractivity (Wildman–Crippen MR) is 51.4 cm³/mol. The number of Topliss-reactive ketones (excluding diaryl/α,β-unsaturated/α-hetero) is 1. The first kappa shape index (κ1) is 11.8. The molecule has 0 fully saturated rings. The Hall–Kier alpha value is -1.29. The molecule has 1 aromatic rings. The van der Waals surface area contributed by atoms with Crippen LogP contribution in [0.5, 0.6) is 0 Å². The molecule has 0 bridgehead atoms. The molecule has 1 aromatic carbocycles. The summed E-state index contributed by atoms with van der Waals surface area (Å²) in [6, 6.07) is 3.32. The maximum Gasteiger partial charge on any atom is 0.163 e. The fourth-order valence-corrected chi connectivity index (χ4v) is 1.29. The molecule has 0 amide bonds. The number of benzene rings is 1. The molecule has 4 heteroatoms. The second kappa shape index (κ2) is 4.98. The lowest BCUT2D eigenvalue weighted by atomic mass is 10.1. The van der Waals surface area contributed by atoms with Crippen LogP contribution in [0.1, 0.15) is 25.5 Å². The minimum absolute atomic E-state index is 0.233. The molecule has 1 unspecified atom stereocenters. The van der Waals surface area contributed by atoms with Crippen molar-refractivity contribution in [1.82, 2.24) is 0 Å². The van der Waals surface area contributed by atoms with Gasteiger partial charge in [-0.15, -0.1) is 0 Å². The molecule has 1 rings (SSSR count). The van der Waals surface area contributed by atoms with E-state index in [1.54, 1.807) is 6.92 Å². The molecule has 15 heavy (non-hydrogen) atoms. The summed E-state index contributed by atoms with van der Waals surface area (Å²) in [5.74, 6) is -2.14. The molecule has 0 aromatic heterocycles. The van der Waals surface area contributed by atoms with Crippen LogP contribution >= 0.6 is 0 Å². The van der Waals surface area contributed by atoms with E-state index in [1.807, 2.05) is 0 Å². The highest BCUT2D eigenvalue weighted by atomic mass is 19.2. The minimum Gasteiger partial charge on any atom is -0.366 e. The van der Waals surface area contributed by atoms with E-state index in [1.165, 1.54) is 13.0 Å². The molecule has 0 aliphatic carbocycles. The Labute approximate surface area is 86.9 Å². The summed E-state index contributed by atoms with van der Waals surface area (Å²) in [5, 5.41) is 0. The van der Waals surface area contributed by atoms with Crippen LogP contribution in [0.3, 0.4) is 0 Å². The van der Waals surface area contributed by atoms with Crippen molar-refractivity contribution < 1.29 is 18.3 Å². The molecule has 0 heterocycles. The van der Waals surface area contributed by atoms with Gasteiger partial charge >= 0.3 is 0 Å². The zero-order chi connectivity index (χ0) is 11.4. The van der Waals surface area contributed by atoms with Crippen molar-refractivity contribution in [3.05, 3.63) is 35.4 Å². The third-order valence-corrected chi connectivity index (χ3v) is 1.95. The highest BCUT2D eigenvalue weighted by molar-refractivity contribution is 5.81. The van der Waals surface area contributed by atoms with Crippen molar-refractivity contribution in [2.24, 2.45) is 0 Å². The number of carbonyl (C=O) groups is 1.